The van der Waals surface area contributed by atoms with Crippen LogP contribution in [0.3, 0.4) is 0 Å². The van der Waals surface area contributed by atoms with Crippen molar-refractivity contribution in [2.75, 3.05) is 36.2 Å². The largest absolute Gasteiger partial charge is 0.378 e. The summed E-state index contributed by atoms with van der Waals surface area (Å²) in [6.07, 6.45) is 2.56. The minimum Gasteiger partial charge on any atom is -0.378 e. The molecule has 2 amide bonds. The number of ether oxygens (including phenoxy) is 1. The molecule has 0 bridgehead atoms. The van der Waals surface area contributed by atoms with Crippen LogP contribution in [0.25, 0.3) is 6.08 Å². The Morgan fingerprint density at radius 2 is 1.61 bits per heavy atom. The van der Waals surface area contributed by atoms with E-state index in [1.54, 1.807) is 6.08 Å². The molecule has 1 N–H and O–H groups in total. The first kappa shape index (κ1) is 18.3. The fourth-order valence-electron chi connectivity index (χ4n) is 3.39. The van der Waals surface area contributed by atoms with Crippen LogP contribution in [0.5, 0.6) is 0 Å². The summed E-state index contributed by atoms with van der Waals surface area (Å²) in [6, 6.07) is 15.5. The van der Waals surface area contributed by atoms with Crippen LogP contribution in [-0.4, -0.2) is 38.1 Å². The molecule has 2 heterocycles. The van der Waals surface area contributed by atoms with Crippen molar-refractivity contribution in [3.8, 4) is 0 Å². The van der Waals surface area contributed by atoms with Crippen molar-refractivity contribution >= 4 is 29.3 Å². The smallest absolute Gasteiger partial charge is 0.282 e. The van der Waals surface area contributed by atoms with E-state index in [-0.39, 0.29) is 17.4 Å². The van der Waals surface area contributed by atoms with Crippen LogP contribution < -0.4 is 15.3 Å². The molecule has 6 nitrogen and oxygen atoms in total. The Labute approximate surface area is 164 Å². The van der Waals surface area contributed by atoms with Gasteiger partial charge in [0.1, 0.15) is 5.57 Å². The lowest BCUT2D eigenvalue weighted by Crippen LogP contribution is -2.36. The van der Waals surface area contributed by atoms with E-state index in [0.29, 0.717) is 5.69 Å². The van der Waals surface area contributed by atoms with Crippen molar-refractivity contribution in [2.24, 2.45) is 0 Å². The summed E-state index contributed by atoms with van der Waals surface area (Å²) in [5.41, 5.74) is 6.55. The van der Waals surface area contributed by atoms with Crippen LogP contribution in [0.15, 0.2) is 54.1 Å². The average molecular weight is 377 g/mol. The maximum atomic E-state index is 12.7. The number of carbonyl (C=O) groups is 2. The van der Waals surface area contributed by atoms with Gasteiger partial charge in [-0.15, -0.1) is 0 Å². The highest BCUT2D eigenvalue weighted by Crippen LogP contribution is 2.23. The number of anilines is 2. The molecule has 2 aliphatic rings. The highest BCUT2D eigenvalue weighted by molar-refractivity contribution is 6.31. The Hall–Kier alpha value is -3.12. The number of nitrogens with one attached hydrogen (secondary N) is 1. The van der Waals surface area contributed by atoms with E-state index in [4.69, 9.17) is 4.74 Å². The monoisotopic (exact) mass is 377 g/mol. The van der Waals surface area contributed by atoms with Crippen molar-refractivity contribution in [1.29, 1.82) is 0 Å². The Kier molecular flexibility index (Phi) is 5.12. The molecule has 2 aromatic carbocycles. The maximum absolute atomic E-state index is 12.7. The minimum absolute atomic E-state index is 0.138. The summed E-state index contributed by atoms with van der Waals surface area (Å²) in [5.74, 6) is -0.728. The molecule has 6 heteroatoms. The van der Waals surface area contributed by atoms with Gasteiger partial charge in [0.05, 0.1) is 18.9 Å². The zero-order valence-corrected chi connectivity index (χ0v) is 15.9. The second-order valence-corrected chi connectivity index (χ2v) is 6.85. The van der Waals surface area contributed by atoms with E-state index < -0.39 is 0 Å². The number of amides is 2. The van der Waals surface area contributed by atoms with Crippen LogP contribution in [0.1, 0.15) is 18.1 Å². The van der Waals surface area contributed by atoms with E-state index in [0.717, 1.165) is 44.0 Å². The number of hydrazine groups is 1. The SMILES string of the molecule is CCc1ccc(N2NC(=O)C(=Cc3ccc(N4CCOCC4)cc3)C2=O)cc1. The third kappa shape index (κ3) is 3.64. The fourth-order valence-corrected chi connectivity index (χ4v) is 3.39. The summed E-state index contributed by atoms with van der Waals surface area (Å²) < 4.78 is 5.38. The number of aryl methyl sites for hydroxylation is 1. The van der Waals surface area contributed by atoms with E-state index in [1.165, 1.54) is 10.6 Å². The quantitative estimate of drug-likeness (QED) is 0.657. The molecule has 28 heavy (non-hydrogen) atoms. The second-order valence-electron chi connectivity index (χ2n) is 6.85. The molecule has 0 spiro atoms. The van der Waals surface area contributed by atoms with Gasteiger partial charge in [-0.2, -0.15) is 0 Å². The summed E-state index contributed by atoms with van der Waals surface area (Å²) >= 11 is 0. The highest BCUT2D eigenvalue weighted by Gasteiger charge is 2.34. The van der Waals surface area contributed by atoms with Gasteiger partial charge in [0.15, 0.2) is 0 Å². The van der Waals surface area contributed by atoms with E-state index in [1.807, 2.05) is 48.5 Å². The van der Waals surface area contributed by atoms with Gasteiger partial charge in [0.2, 0.25) is 0 Å². The molecule has 0 saturated carbocycles. The lowest BCUT2D eigenvalue weighted by molar-refractivity contribution is -0.117. The zero-order chi connectivity index (χ0) is 19.5. The van der Waals surface area contributed by atoms with Crippen LogP contribution >= 0.6 is 0 Å². The minimum atomic E-state index is -0.387. The normalized spacial score (nSPS) is 18.7. The number of hydrogen-bond donors (Lipinski definition) is 1. The number of morpholine rings is 1. The van der Waals surface area contributed by atoms with Gasteiger partial charge >= 0.3 is 0 Å². The highest BCUT2D eigenvalue weighted by atomic mass is 16.5. The third-order valence-electron chi connectivity index (χ3n) is 5.07. The summed E-state index contributed by atoms with van der Waals surface area (Å²) in [7, 11) is 0. The molecule has 0 unspecified atom stereocenters. The first-order valence-corrected chi connectivity index (χ1v) is 9.54. The number of rotatable bonds is 4. The molecule has 2 saturated heterocycles. The molecule has 0 radical (unpaired) electrons. The molecule has 0 atom stereocenters. The van der Waals surface area contributed by atoms with Crippen molar-refractivity contribution < 1.29 is 14.3 Å². The molecule has 144 valence electrons. The van der Waals surface area contributed by atoms with Gasteiger partial charge in [-0.3, -0.25) is 15.0 Å². The molecule has 0 aromatic heterocycles. The van der Waals surface area contributed by atoms with Gasteiger partial charge in [-0.25, -0.2) is 5.01 Å². The number of nitrogens with zero attached hydrogens (tertiary/aromatic N) is 2. The maximum Gasteiger partial charge on any atom is 0.282 e. The van der Waals surface area contributed by atoms with Gasteiger partial charge in [0, 0.05) is 18.8 Å². The molecule has 4 rings (SSSR count). The van der Waals surface area contributed by atoms with Crippen LogP contribution in [-0.2, 0) is 20.7 Å². The molecule has 2 fully saturated rings. The van der Waals surface area contributed by atoms with Gasteiger partial charge < -0.3 is 9.64 Å². The number of benzene rings is 2. The van der Waals surface area contributed by atoms with Crippen molar-refractivity contribution in [3.63, 3.8) is 0 Å². The van der Waals surface area contributed by atoms with E-state index >= 15 is 0 Å². The van der Waals surface area contributed by atoms with Gasteiger partial charge in [-0.1, -0.05) is 31.2 Å². The first-order valence-electron chi connectivity index (χ1n) is 9.54. The zero-order valence-electron chi connectivity index (χ0n) is 15.9. The Bertz CT molecular complexity index is 898. The van der Waals surface area contributed by atoms with Gasteiger partial charge in [0.25, 0.3) is 11.8 Å². The Balaban J connectivity index is 1.52. The summed E-state index contributed by atoms with van der Waals surface area (Å²) in [6.45, 7) is 5.27. The first-order chi connectivity index (χ1) is 13.7. The molecule has 2 aromatic rings. The van der Waals surface area contributed by atoms with Crippen molar-refractivity contribution in [2.45, 2.75) is 13.3 Å². The lowest BCUT2D eigenvalue weighted by Gasteiger charge is -2.28. The standard InChI is InChI=1S/C22H23N3O3/c1-2-16-3-9-19(10-4-16)25-22(27)20(21(26)23-25)15-17-5-7-18(8-6-17)24-11-13-28-14-12-24/h3-10,15H,2,11-14H2,1H3,(H,23,26). The number of carbonyl (C=O) groups excluding carboxylic acids is 2. The fraction of sp³-hybridized carbons (Fsp3) is 0.273. The second kappa shape index (κ2) is 7.86. The van der Waals surface area contributed by atoms with Gasteiger partial charge in [-0.05, 0) is 47.9 Å². The van der Waals surface area contributed by atoms with Crippen LogP contribution in [0.4, 0.5) is 11.4 Å². The summed E-state index contributed by atoms with van der Waals surface area (Å²) in [4.78, 5) is 27.3. The van der Waals surface area contributed by atoms with Crippen molar-refractivity contribution in [1.82, 2.24) is 5.43 Å². The molecule has 0 aliphatic carbocycles. The Morgan fingerprint density at radius 1 is 0.964 bits per heavy atom. The third-order valence-corrected chi connectivity index (χ3v) is 5.07. The average Bonchev–Trinajstić information content (AvgIpc) is 3.03. The lowest BCUT2D eigenvalue weighted by atomic mass is 10.1. The number of hydrogen-bond acceptors (Lipinski definition) is 4. The molecular weight excluding hydrogens is 354 g/mol. The molecular formula is C22H23N3O3. The Morgan fingerprint density at radius 3 is 2.25 bits per heavy atom. The van der Waals surface area contributed by atoms with E-state index in [2.05, 4.69) is 17.2 Å². The van der Waals surface area contributed by atoms with Crippen molar-refractivity contribution in [3.05, 3.63) is 65.2 Å². The van der Waals surface area contributed by atoms with E-state index in [9.17, 15) is 9.59 Å². The predicted molar refractivity (Wildman–Crippen MR) is 109 cm³/mol. The predicted octanol–water partition coefficient (Wildman–Crippen LogP) is 2.55. The summed E-state index contributed by atoms with van der Waals surface area (Å²) in [5, 5.41) is 1.30. The van der Waals surface area contributed by atoms with Crippen LogP contribution in [0.2, 0.25) is 0 Å². The topological polar surface area (TPSA) is 61.9 Å². The molecule has 2 aliphatic heterocycles. The van der Waals surface area contributed by atoms with Crippen LogP contribution in [0, 0.1) is 0 Å².